The minimum absolute atomic E-state index is 0.0214. The van der Waals surface area contributed by atoms with Crippen molar-refractivity contribution >= 4 is 23.6 Å². The first kappa shape index (κ1) is 43.0. The largest absolute Gasteiger partial charge is 0.481 e. The van der Waals surface area contributed by atoms with Crippen molar-refractivity contribution in [2.45, 2.75) is 146 Å². The highest BCUT2D eigenvalue weighted by molar-refractivity contribution is 6.01. The van der Waals surface area contributed by atoms with Crippen molar-refractivity contribution in [1.29, 1.82) is 0 Å². The van der Waals surface area contributed by atoms with Gasteiger partial charge in [0.25, 0.3) is 0 Å². The number of ketones is 1. The van der Waals surface area contributed by atoms with E-state index in [2.05, 4.69) is 63.3 Å². The summed E-state index contributed by atoms with van der Waals surface area (Å²) in [6, 6.07) is 0. The van der Waals surface area contributed by atoms with Gasteiger partial charge in [-0.15, -0.1) is 0 Å². The summed E-state index contributed by atoms with van der Waals surface area (Å²) in [5.41, 5.74) is 2.06. The van der Waals surface area contributed by atoms with Crippen molar-refractivity contribution in [2.24, 2.45) is 68.0 Å². The normalized spacial score (nSPS) is 38.6. The predicted molar refractivity (Wildman–Crippen MR) is 223 cm³/mol. The third-order valence-electron chi connectivity index (χ3n) is 18.3. The van der Waals surface area contributed by atoms with Crippen LogP contribution in [0.2, 0.25) is 0 Å². The van der Waals surface area contributed by atoms with Crippen LogP contribution in [0.3, 0.4) is 0 Å². The van der Waals surface area contributed by atoms with Gasteiger partial charge in [-0.1, -0.05) is 67.9 Å². The topological polar surface area (TPSA) is 130 Å². The number of hydrogen-bond acceptors (Lipinski definition) is 8. The van der Waals surface area contributed by atoms with Crippen LogP contribution in [-0.2, 0) is 30.5 Å². The molecular weight excluding hydrogens is 729 g/mol. The number of amides is 1. The Hall–Kier alpha value is -3.14. The quantitative estimate of drug-likeness (QED) is 0.219. The number of Topliss-reactive ketones (excluding diaryl/α,β-unsaturated/α-hetero) is 1. The zero-order chi connectivity index (χ0) is 42.4. The standard InChI is InChI=1S/C48H72N4O6/c1-29(2)39-34(53)23-48(24-38(54)52(21-20-51(10)11)27-30-25-49-28-50-26-30)19-18-46(8)31(40(39)48)12-13-36-45(7)16-15-37(44(5,6)35(45)14-17-47(36,46)9)58-42(57)33-22-32(41(55)56)43(33,3)4/h25-26,28-29,31-33,35-37H,12-24,27H2,1-11H3,(H,55,56)/t31-,32+,33-,35+,36-,37+,45+,46-,47-,48+/m1/s1. The molecule has 58 heavy (non-hydrogen) atoms. The monoisotopic (exact) mass is 801 g/mol. The van der Waals surface area contributed by atoms with Crippen LogP contribution in [0.4, 0.5) is 0 Å². The van der Waals surface area contributed by atoms with Gasteiger partial charge in [-0.25, -0.2) is 9.97 Å². The molecule has 0 unspecified atom stereocenters. The first-order chi connectivity index (χ1) is 27.0. The molecule has 10 nitrogen and oxygen atoms in total. The summed E-state index contributed by atoms with van der Waals surface area (Å²) >= 11 is 0. The number of allylic oxidation sites excluding steroid dienone is 2. The highest BCUT2D eigenvalue weighted by Crippen LogP contribution is 2.77. The van der Waals surface area contributed by atoms with E-state index in [1.165, 1.54) is 11.9 Å². The van der Waals surface area contributed by atoms with Crippen LogP contribution in [0.15, 0.2) is 29.9 Å². The lowest BCUT2D eigenvalue weighted by atomic mass is 9.33. The summed E-state index contributed by atoms with van der Waals surface area (Å²) in [6.45, 7) is 22.2. The number of hydrogen-bond donors (Lipinski definition) is 1. The molecule has 7 rings (SSSR count). The molecule has 0 aromatic carbocycles. The highest BCUT2D eigenvalue weighted by Gasteiger charge is 2.70. The van der Waals surface area contributed by atoms with Crippen molar-refractivity contribution in [2.75, 3.05) is 27.2 Å². The second-order valence-electron chi connectivity index (χ2n) is 22.3. The van der Waals surface area contributed by atoms with Crippen LogP contribution >= 0.6 is 0 Å². The minimum Gasteiger partial charge on any atom is -0.481 e. The van der Waals surface area contributed by atoms with Gasteiger partial charge in [-0.05, 0) is 123 Å². The van der Waals surface area contributed by atoms with E-state index in [4.69, 9.17) is 4.74 Å². The van der Waals surface area contributed by atoms with Gasteiger partial charge >= 0.3 is 11.9 Å². The third kappa shape index (κ3) is 6.59. The second-order valence-corrected chi connectivity index (χ2v) is 22.3. The SMILES string of the molecule is CC(C)C1=C2[C@H]3CC[C@@H]4[C@@]5(C)CC[C@H](OC(=O)[C@H]6C[C@@H](C(=O)O)C6(C)C)C(C)(C)[C@@H]5CC[C@@]4(C)[C@]3(C)CC[C@@]2(CC(=O)N(CCN(C)C)Cc2cncnc2)CC1=O. The zero-order valence-electron chi connectivity index (χ0n) is 37.5. The van der Waals surface area contributed by atoms with E-state index < -0.39 is 22.7 Å². The molecule has 0 bridgehead atoms. The number of nitrogens with zero attached hydrogens (tertiary/aromatic N) is 4. The van der Waals surface area contributed by atoms with Gasteiger partial charge in [0.1, 0.15) is 12.4 Å². The summed E-state index contributed by atoms with van der Waals surface area (Å²) in [5, 5.41) is 9.69. The van der Waals surface area contributed by atoms with Crippen molar-refractivity contribution in [3.05, 3.63) is 35.4 Å². The molecule has 0 radical (unpaired) electrons. The molecule has 1 amide bonds. The van der Waals surface area contributed by atoms with E-state index in [-0.39, 0.29) is 63.2 Å². The smallest absolute Gasteiger partial charge is 0.309 e. The molecular formula is C48H72N4O6. The maximum Gasteiger partial charge on any atom is 0.309 e. The maximum absolute atomic E-state index is 14.6. The number of carbonyl (C=O) groups is 4. The summed E-state index contributed by atoms with van der Waals surface area (Å²) < 4.78 is 6.44. The van der Waals surface area contributed by atoms with Crippen LogP contribution in [0, 0.1) is 68.0 Å². The fraction of sp³-hybridized carbons (Fsp3) is 0.792. The van der Waals surface area contributed by atoms with Crippen LogP contribution < -0.4 is 0 Å². The lowest BCUT2D eigenvalue weighted by Crippen LogP contribution is -2.66. The van der Waals surface area contributed by atoms with Crippen LogP contribution in [-0.4, -0.2) is 81.8 Å². The molecule has 1 N–H and O–H groups in total. The molecule has 0 spiro atoms. The average Bonchev–Trinajstić information content (AvgIpc) is 3.42. The summed E-state index contributed by atoms with van der Waals surface area (Å²) in [6.07, 6.45) is 14.0. The lowest BCUT2D eigenvalue weighted by Gasteiger charge is -2.72. The average molecular weight is 801 g/mol. The maximum atomic E-state index is 14.6. The minimum atomic E-state index is -0.832. The van der Waals surface area contributed by atoms with Crippen molar-refractivity contribution in [3.63, 3.8) is 0 Å². The molecule has 5 saturated carbocycles. The third-order valence-corrected chi connectivity index (χ3v) is 18.3. The second kappa shape index (κ2) is 14.8. The number of ether oxygens (including phenoxy) is 1. The molecule has 10 heteroatoms. The van der Waals surface area contributed by atoms with Crippen molar-refractivity contribution in [1.82, 2.24) is 19.8 Å². The molecule has 1 aromatic rings. The summed E-state index contributed by atoms with van der Waals surface area (Å²) in [5.74, 6) is -0.371. The Bertz CT molecular complexity index is 1840. The zero-order valence-corrected chi connectivity index (χ0v) is 37.5. The van der Waals surface area contributed by atoms with Gasteiger partial charge < -0.3 is 19.6 Å². The Labute approximate surface area is 347 Å². The molecule has 0 aliphatic heterocycles. The number of aromatic nitrogens is 2. The first-order valence-electron chi connectivity index (χ1n) is 22.4. The number of aliphatic carboxylic acids is 1. The molecule has 0 saturated heterocycles. The lowest BCUT2D eigenvalue weighted by molar-refractivity contribution is -0.236. The Morgan fingerprint density at radius 3 is 2.16 bits per heavy atom. The van der Waals surface area contributed by atoms with Gasteiger partial charge in [-0.2, -0.15) is 0 Å². The first-order valence-corrected chi connectivity index (χ1v) is 22.4. The number of carboxylic acid groups (broad SMARTS) is 1. The van der Waals surface area contributed by atoms with Crippen LogP contribution in [0.5, 0.6) is 0 Å². The van der Waals surface area contributed by atoms with Crippen LogP contribution in [0.1, 0.15) is 139 Å². The van der Waals surface area contributed by atoms with Gasteiger partial charge in [0.05, 0.1) is 11.8 Å². The number of carboxylic acids is 1. The molecule has 5 fully saturated rings. The van der Waals surface area contributed by atoms with E-state index in [1.807, 2.05) is 32.8 Å². The summed E-state index contributed by atoms with van der Waals surface area (Å²) in [7, 11) is 4.06. The Balaban J connectivity index is 1.15. The van der Waals surface area contributed by atoms with E-state index in [0.717, 1.165) is 69.0 Å². The summed E-state index contributed by atoms with van der Waals surface area (Å²) in [4.78, 5) is 66.9. The van der Waals surface area contributed by atoms with Gasteiger partial charge in [0, 0.05) is 61.3 Å². The molecule has 10 atom stereocenters. The molecule has 6 aliphatic rings. The fourth-order valence-corrected chi connectivity index (χ4v) is 14.7. The van der Waals surface area contributed by atoms with E-state index in [1.54, 1.807) is 12.4 Å². The predicted octanol–water partition coefficient (Wildman–Crippen LogP) is 8.40. The number of rotatable bonds is 11. The molecule has 1 heterocycles. The van der Waals surface area contributed by atoms with Crippen molar-refractivity contribution in [3.8, 4) is 0 Å². The Morgan fingerprint density at radius 1 is 0.845 bits per heavy atom. The Morgan fingerprint density at radius 2 is 1.53 bits per heavy atom. The highest BCUT2D eigenvalue weighted by atomic mass is 16.5. The molecule has 320 valence electrons. The van der Waals surface area contributed by atoms with Gasteiger partial charge in [0.2, 0.25) is 5.91 Å². The van der Waals surface area contributed by atoms with Gasteiger partial charge in [-0.3, -0.25) is 19.2 Å². The van der Waals surface area contributed by atoms with E-state index in [9.17, 15) is 24.3 Å². The molecule has 6 aliphatic carbocycles. The van der Waals surface area contributed by atoms with Crippen molar-refractivity contribution < 1.29 is 29.0 Å². The number of likely N-dealkylation sites (N-methyl/N-ethyl adjacent to an activating group) is 1. The number of fused-ring (bicyclic) bond motifs is 7. The molecule has 1 aromatic heterocycles. The fourth-order valence-electron chi connectivity index (χ4n) is 14.7. The van der Waals surface area contributed by atoms with E-state index >= 15 is 0 Å². The number of esters is 1. The van der Waals surface area contributed by atoms with E-state index in [0.29, 0.717) is 44.2 Å². The van der Waals surface area contributed by atoms with Crippen LogP contribution in [0.25, 0.3) is 0 Å². The van der Waals surface area contributed by atoms with Gasteiger partial charge in [0.15, 0.2) is 5.78 Å². The number of carbonyl (C=O) groups excluding carboxylic acids is 3. The Kier molecular flexibility index (Phi) is 11.0.